The van der Waals surface area contributed by atoms with E-state index in [0.717, 1.165) is 31.3 Å². The molecule has 3 saturated carbocycles. The quantitative estimate of drug-likeness (QED) is 0.800. The van der Waals surface area contributed by atoms with Crippen LogP contribution in [-0.2, 0) is 19.2 Å². The van der Waals surface area contributed by atoms with Gasteiger partial charge in [0, 0.05) is 36.5 Å². The van der Waals surface area contributed by atoms with E-state index < -0.39 is 11.4 Å². The van der Waals surface area contributed by atoms with Gasteiger partial charge in [-0.2, -0.15) is 0 Å². The number of Topliss-reactive ketones (excluding diaryl/α,β-unsaturated/α-hetero) is 2. The summed E-state index contributed by atoms with van der Waals surface area (Å²) in [5.74, 6) is -0.656. The van der Waals surface area contributed by atoms with Crippen molar-refractivity contribution in [3.05, 3.63) is 11.6 Å². The smallest absolute Gasteiger partial charge is 0.303 e. The molecule has 0 spiro atoms. The highest BCUT2D eigenvalue weighted by atomic mass is 16.4. The molecule has 5 heteroatoms. The maximum Gasteiger partial charge on any atom is 0.303 e. The van der Waals surface area contributed by atoms with Crippen LogP contribution >= 0.6 is 0 Å². The first kappa shape index (κ1) is 19.5. The van der Waals surface area contributed by atoms with Gasteiger partial charge >= 0.3 is 5.97 Å². The average Bonchev–Trinajstić information content (AvgIpc) is 2.92. The van der Waals surface area contributed by atoms with E-state index in [9.17, 15) is 24.3 Å². The summed E-state index contributed by atoms with van der Waals surface area (Å²) in [5, 5.41) is 9.45. The van der Waals surface area contributed by atoms with Gasteiger partial charge in [0.1, 0.15) is 11.6 Å². The van der Waals surface area contributed by atoms with E-state index >= 15 is 0 Å². The number of carbonyl (C=O) groups is 4. The van der Waals surface area contributed by atoms with Gasteiger partial charge in [0.2, 0.25) is 0 Å². The minimum Gasteiger partial charge on any atom is -0.481 e. The lowest BCUT2D eigenvalue weighted by Gasteiger charge is -2.58. The average molecular weight is 386 g/mol. The fourth-order valence-corrected chi connectivity index (χ4v) is 7.73. The van der Waals surface area contributed by atoms with Crippen molar-refractivity contribution in [2.45, 2.75) is 65.7 Å². The normalized spacial score (nSPS) is 45.0. The molecule has 7 atom stereocenters. The number of rotatable bonds is 3. The van der Waals surface area contributed by atoms with E-state index in [-0.39, 0.29) is 59.3 Å². The van der Waals surface area contributed by atoms with Crippen LogP contribution in [0.15, 0.2) is 11.6 Å². The molecule has 0 aromatic rings. The third kappa shape index (κ3) is 2.57. The van der Waals surface area contributed by atoms with Crippen molar-refractivity contribution >= 4 is 23.3 Å². The molecule has 4 aliphatic carbocycles. The molecule has 0 bridgehead atoms. The molecule has 5 nitrogen and oxygen atoms in total. The molecule has 1 N–H and O–H groups in total. The molecule has 0 radical (unpaired) electrons. The fourth-order valence-electron chi connectivity index (χ4n) is 7.73. The van der Waals surface area contributed by atoms with Crippen LogP contribution in [0.2, 0.25) is 0 Å². The van der Waals surface area contributed by atoms with Crippen molar-refractivity contribution in [3.8, 4) is 0 Å². The summed E-state index contributed by atoms with van der Waals surface area (Å²) in [6, 6.07) is 0. The molecule has 0 saturated heterocycles. The first-order chi connectivity index (χ1) is 13.1. The molecule has 4 aliphatic rings. The van der Waals surface area contributed by atoms with Gasteiger partial charge in [-0.3, -0.25) is 19.2 Å². The zero-order valence-electron chi connectivity index (χ0n) is 17.0. The number of hydrogen-bond donors (Lipinski definition) is 1. The predicted octanol–water partition coefficient (Wildman–Crippen LogP) is 3.60. The fraction of sp³-hybridized carbons (Fsp3) is 0.739. The number of ketones is 3. The molecule has 0 aliphatic heterocycles. The minimum atomic E-state index is -0.909. The zero-order valence-corrected chi connectivity index (χ0v) is 17.0. The number of fused-ring (bicyclic) bond motifs is 5. The van der Waals surface area contributed by atoms with Crippen molar-refractivity contribution in [2.75, 3.05) is 0 Å². The van der Waals surface area contributed by atoms with Crippen LogP contribution in [-0.4, -0.2) is 28.4 Å². The molecule has 4 rings (SSSR count). The second kappa shape index (κ2) is 6.36. The summed E-state index contributed by atoms with van der Waals surface area (Å²) in [7, 11) is 0. The summed E-state index contributed by atoms with van der Waals surface area (Å²) in [6.07, 6.45) is 5.66. The first-order valence-corrected chi connectivity index (χ1v) is 10.6. The Morgan fingerprint density at radius 3 is 2.54 bits per heavy atom. The van der Waals surface area contributed by atoms with Crippen LogP contribution < -0.4 is 0 Å². The second-order valence-corrected chi connectivity index (χ2v) is 10.1. The highest BCUT2D eigenvalue weighted by molar-refractivity contribution is 5.94. The summed E-state index contributed by atoms with van der Waals surface area (Å²) < 4.78 is 0. The van der Waals surface area contributed by atoms with Crippen molar-refractivity contribution < 1.29 is 24.3 Å². The molecule has 28 heavy (non-hydrogen) atoms. The molecule has 3 fully saturated rings. The zero-order chi connectivity index (χ0) is 20.4. The minimum absolute atomic E-state index is 0.0113. The number of carboxylic acid groups (broad SMARTS) is 1. The topological polar surface area (TPSA) is 88.5 Å². The summed E-state index contributed by atoms with van der Waals surface area (Å²) in [5.41, 5.74) is 0.158. The molecule has 0 heterocycles. The highest BCUT2D eigenvalue weighted by Crippen LogP contribution is 2.66. The third-order valence-electron chi connectivity index (χ3n) is 8.88. The number of aliphatic carboxylic acids is 1. The number of carbonyl (C=O) groups excluding carboxylic acids is 3. The van der Waals surface area contributed by atoms with Crippen molar-refractivity contribution in [1.82, 2.24) is 0 Å². The van der Waals surface area contributed by atoms with Gasteiger partial charge in [0.25, 0.3) is 0 Å². The number of hydrogen-bond acceptors (Lipinski definition) is 4. The van der Waals surface area contributed by atoms with E-state index in [4.69, 9.17) is 0 Å². The van der Waals surface area contributed by atoms with Gasteiger partial charge in [-0.05, 0) is 61.9 Å². The van der Waals surface area contributed by atoms with E-state index in [1.165, 1.54) is 0 Å². The Morgan fingerprint density at radius 2 is 1.89 bits per heavy atom. The van der Waals surface area contributed by atoms with Gasteiger partial charge < -0.3 is 5.11 Å². The van der Waals surface area contributed by atoms with E-state index in [2.05, 4.69) is 6.92 Å². The third-order valence-corrected chi connectivity index (χ3v) is 8.88. The first-order valence-electron chi connectivity index (χ1n) is 10.6. The van der Waals surface area contributed by atoms with E-state index in [1.807, 2.05) is 6.92 Å². The second-order valence-electron chi connectivity index (χ2n) is 10.1. The Balaban J connectivity index is 1.77. The van der Waals surface area contributed by atoms with Crippen LogP contribution in [0.5, 0.6) is 0 Å². The lowest BCUT2D eigenvalue weighted by Crippen LogP contribution is -2.57. The number of carboxylic acids is 1. The Kier molecular flexibility index (Phi) is 4.44. The maximum atomic E-state index is 13.5. The molecule has 0 amide bonds. The van der Waals surface area contributed by atoms with E-state index in [1.54, 1.807) is 13.0 Å². The Morgan fingerprint density at radius 1 is 1.18 bits per heavy atom. The lowest BCUT2D eigenvalue weighted by molar-refractivity contribution is -0.154. The molecule has 152 valence electrons. The van der Waals surface area contributed by atoms with Crippen LogP contribution in [0.1, 0.15) is 65.7 Å². The van der Waals surface area contributed by atoms with Gasteiger partial charge in [-0.15, -0.1) is 0 Å². The van der Waals surface area contributed by atoms with Crippen LogP contribution in [0.25, 0.3) is 0 Å². The predicted molar refractivity (Wildman–Crippen MR) is 102 cm³/mol. The van der Waals surface area contributed by atoms with Crippen molar-refractivity contribution in [2.24, 2.45) is 40.4 Å². The monoisotopic (exact) mass is 386 g/mol. The van der Waals surface area contributed by atoms with E-state index in [0.29, 0.717) is 12.3 Å². The molecular weight excluding hydrogens is 356 g/mol. The molecule has 0 aromatic heterocycles. The van der Waals surface area contributed by atoms with Gasteiger partial charge in [-0.1, -0.05) is 19.4 Å². The lowest BCUT2D eigenvalue weighted by atomic mass is 9.44. The number of allylic oxidation sites excluding steroid dienone is 1. The SMILES string of the molecule is CC(=O)[C@H]1CC[C@H]2[C@@H]3CCC4=CC(=O)CC(CC(=O)O)[C@]4(C)[C@H]3C(=O)C[C@]12C. The molecule has 1 unspecified atom stereocenters. The van der Waals surface area contributed by atoms with Crippen LogP contribution in [0.3, 0.4) is 0 Å². The maximum absolute atomic E-state index is 13.5. The van der Waals surface area contributed by atoms with Crippen LogP contribution in [0.4, 0.5) is 0 Å². The largest absolute Gasteiger partial charge is 0.481 e. The molecule has 0 aromatic carbocycles. The van der Waals surface area contributed by atoms with Crippen LogP contribution in [0, 0.1) is 40.4 Å². The summed E-state index contributed by atoms with van der Waals surface area (Å²) in [4.78, 5) is 49.6. The summed E-state index contributed by atoms with van der Waals surface area (Å²) >= 11 is 0. The standard InChI is InChI=1S/C23H30O5/c1-12(24)17-6-7-18-16-5-4-13-8-15(25)9-14(10-20(27)28)23(13,3)21(16)19(26)11-22(17,18)2/h8,14,16-18,21H,4-7,9-11H2,1-3H3,(H,27,28)/t14?,16-,17+,18-,21+,22+,23+/m0/s1. The Labute approximate surface area is 165 Å². The van der Waals surface area contributed by atoms with Crippen molar-refractivity contribution in [3.63, 3.8) is 0 Å². The van der Waals surface area contributed by atoms with Gasteiger partial charge in [0.05, 0.1) is 0 Å². The van der Waals surface area contributed by atoms with Gasteiger partial charge in [0.15, 0.2) is 5.78 Å². The Bertz CT molecular complexity index is 795. The highest BCUT2D eigenvalue weighted by Gasteiger charge is 2.64. The Hall–Kier alpha value is -1.78. The molecular formula is C23H30O5. The summed E-state index contributed by atoms with van der Waals surface area (Å²) in [6.45, 7) is 5.80. The van der Waals surface area contributed by atoms with Crippen molar-refractivity contribution in [1.29, 1.82) is 0 Å². The van der Waals surface area contributed by atoms with Gasteiger partial charge in [-0.25, -0.2) is 0 Å².